The minimum absolute atomic E-state index is 0.0140. The number of hydrogen-bond donors (Lipinski definition) is 1. The zero-order valence-electron chi connectivity index (χ0n) is 13.3. The molecule has 132 valence electrons. The second-order valence-corrected chi connectivity index (χ2v) is 8.64. The van der Waals surface area contributed by atoms with Crippen LogP contribution in [0.1, 0.15) is 31.4 Å². The van der Waals surface area contributed by atoms with Gasteiger partial charge in [-0.3, -0.25) is 9.59 Å². The van der Waals surface area contributed by atoms with Gasteiger partial charge in [-0.25, -0.2) is 8.42 Å². The van der Waals surface area contributed by atoms with Crippen LogP contribution in [0.15, 0.2) is 24.3 Å². The summed E-state index contributed by atoms with van der Waals surface area (Å²) in [6.07, 6.45) is 0.492. The highest BCUT2D eigenvalue weighted by molar-refractivity contribution is 7.91. The van der Waals surface area contributed by atoms with Gasteiger partial charge in [0, 0.05) is 11.4 Å². The Kier molecular flexibility index (Phi) is 6.23. The molecule has 6 nitrogen and oxygen atoms in total. The molecule has 2 rings (SSSR count). The first-order valence-corrected chi connectivity index (χ1v) is 9.86. The molecule has 8 heteroatoms. The third-order valence-corrected chi connectivity index (χ3v) is 5.94. The van der Waals surface area contributed by atoms with E-state index in [0.717, 1.165) is 5.56 Å². The Morgan fingerprint density at radius 2 is 2.17 bits per heavy atom. The smallest absolute Gasteiger partial charge is 0.306 e. The number of ether oxygens (including phenoxy) is 1. The third-order valence-electron chi connectivity index (χ3n) is 3.87. The van der Waals surface area contributed by atoms with Crippen molar-refractivity contribution in [2.24, 2.45) is 5.92 Å². The number of carbonyl (C=O) groups is 2. The molecule has 0 radical (unpaired) electrons. The third kappa shape index (κ3) is 5.79. The van der Waals surface area contributed by atoms with Crippen LogP contribution in [-0.4, -0.2) is 38.4 Å². The van der Waals surface area contributed by atoms with Gasteiger partial charge >= 0.3 is 5.97 Å². The molecular formula is C16H20ClNO5S. The Labute approximate surface area is 146 Å². The number of carbonyl (C=O) groups excluding carboxylic acids is 2. The monoisotopic (exact) mass is 373 g/mol. The van der Waals surface area contributed by atoms with Crippen molar-refractivity contribution in [2.45, 2.75) is 25.8 Å². The summed E-state index contributed by atoms with van der Waals surface area (Å²) in [5.41, 5.74) is 0.846. The molecule has 0 aliphatic carbocycles. The highest BCUT2D eigenvalue weighted by Crippen LogP contribution is 2.22. The highest BCUT2D eigenvalue weighted by Gasteiger charge is 2.30. The number of sulfone groups is 1. The lowest BCUT2D eigenvalue weighted by atomic mass is 10.1. The Morgan fingerprint density at radius 3 is 2.79 bits per heavy atom. The molecule has 1 saturated heterocycles. The summed E-state index contributed by atoms with van der Waals surface area (Å²) in [4.78, 5) is 23.5. The first-order valence-electron chi connectivity index (χ1n) is 7.66. The van der Waals surface area contributed by atoms with Crippen molar-refractivity contribution in [2.75, 3.05) is 18.1 Å². The Hall–Kier alpha value is -1.60. The summed E-state index contributed by atoms with van der Waals surface area (Å²) < 4.78 is 27.6. The summed E-state index contributed by atoms with van der Waals surface area (Å²) in [6, 6.07) is 6.85. The lowest BCUT2D eigenvalue weighted by molar-refractivity contribution is -0.149. The van der Waals surface area contributed by atoms with Crippen LogP contribution in [0.2, 0.25) is 5.02 Å². The molecule has 1 N–H and O–H groups in total. The van der Waals surface area contributed by atoms with Gasteiger partial charge in [0.25, 0.3) is 5.91 Å². The Balaban J connectivity index is 1.73. The maximum atomic E-state index is 11.8. The molecule has 0 saturated carbocycles. The van der Waals surface area contributed by atoms with Gasteiger partial charge in [-0.1, -0.05) is 23.7 Å². The predicted octanol–water partition coefficient (Wildman–Crippen LogP) is 1.89. The second-order valence-electron chi connectivity index (χ2n) is 5.98. The van der Waals surface area contributed by atoms with E-state index >= 15 is 0 Å². The van der Waals surface area contributed by atoms with E-state index in [4.69, 9.17) is 16.3 Å². The summed E-state index contributed by atoms with van der Waals surface area (Å²) in [5, 5.41) is 3.29. The van der Waals surface area contributed by atoms with Crippen molar-refractivity contribution in [1.29, 1.82) is 0 Å². The number of rotatable bonds is 6. The van der Waals surface area contributed by atoms with Crippen LogP contribution in [0.4, 0.5) is 0 Å². The minimum Gasteiger partial charge on any atom is -0.456 e. The molecule has 1 aliphatic rings. The molecule has 1 aromatic rings. The van der Waals surface area contributed by atoms with Crippen molar-refractivity contribution in [3.8, 4) is 0 Å². The quantitative estimate of drug-likeness (QED) is 0.769. The largest absolute Gasteiger partial charge is 0.456 e. The molecule has 0 bridgehead atoms. The Morgan fingerprint density at radius 1 is 1.42 bits per heavy atom. The van der Waals surface area contributed by atoms with Gasteiger partial charge in [-0.15, -0.1) is 0 Å². The molecule has 2 atom stereocenters. The van der Waals surface area contributed by atoms with Gasteiger partial charge in [0.15, 0.2) is 16.4 Å². The van der Waals surface area contributed by atoms with Gasteiger partial charge < -0.3 is 10.1 Å². The van der Waals surface area contributed by atoms with Crippen molar-refractivity contribution >= 4 is 33.3 Å². The first-order chi connectivity index (χ1) is 11.2. The lowest BCUT2D eigenvalue weighted by Gasteiger charge is -2.15. The number of benzene rings is 1. The van der Waals surface area contributed by atoms with E-state index in [9.17, 15) is 18.0 Å². The SMILES string of the molecule is C[C@@H](NC(=O)COC(=O)C[C@@H]1CCS(=O)(=O)C1)c1cccc(Cl)c1. The van der Waals surface area contributed by atoms with Crippen molar-refractivity contribution < 1.29 is 22.7 Å². The van der Waals surface area contributed by atoms with Crippen LogP contribution in [0.5, 0.6) is 0 Å². The van der Waals surface area contributed by atoms with Crippen molar-refractivity contribution in [1.82, 2.24) is 5.32 Å². The van der Waals surface area contributed by atoms with Crippen LogP contribution < -0.4 is 5.32 Å². The summed E-state index contributed by atoms with van der Waals surface area (Å²) in [6.45, 7) is 1.41. The summed E-state index contributed by atoms with van der Waals surface area (Å²) >= 11 is 5.90. The van der Waals surface area contributed by atoms with E-state index in [1.165, 1.54) is 0 Å². The number of hydrogen-bond acceptors (Lipinski definition) is 5. The first kappa shape index (κ1) is 18.7. The number of nitrogens with one attached hydrogen (secondary N) is 1. The van der Waals surface area contributed by atoms with Gasteiger partial charge in [-0.05, 0) is 37.0 Å². The van der Waals surface area contributed by atoms with E-state index in [1.807, 2.05) is 6.07 Å². The number of halogens is 1. The average molecular weight is 374 g/mol. The van der Waals surface area contributed by atoms with Crippen LogP contribution in [0.3, 0.4) is 0 Å². The van der Waals surface area contributed by atoms with Crippen LogP contribution in [0, 0.1) is 5.92 Å². The molecule has 1 aromatic carbocycles. The second kappa shape index (κ2) is 7.98. The molecule has 0 aromatic heterocycles. The molecule has 0 spiro atoms. The van der Waals surface area contributed by atoms with E-state index in [0.29, 0.717) is 11.4 Å². The zero-order valence-corrected chi connectivity index (χ0v) is 14.9. The predicted molar refractivity (Wildman–Crippen MR) is 90.3 cm³/mol. The Bertz CT molecular complexity index is 719. The maximum Gasteiger partial charge on any atom is 0.306 e. The highest BCUT2D eigenvalue weighted by atomic mass is 35.5. The summed E-state index contributed by atoms with van der Waals surface area (Å²) in [7, 11) is -3.02. The summed E-state index contributed by atoms with van der Waals surface area (Å²) in [5.74, 6) is -1.06. The topological polar surface area (TPSA) is 89.5 Å². The maximum absolute atomic E-state index is 11.8. The van der Waals surface area contributed by atoms with Crippen LogP contribution in [0.25, 0.3) is 0 Å². The fourth-order valence-corrected chi connectivity index (χ4v) is 4.68. The molecule has 1 aliphatic heterocycles. The number of esters is 1. The normalized spacial score (nSPS) is 20.3. The molecule has 1 heterocycles. The van der Waals surface area contributed by atoms with E-state index in [-0.39, 0.29) is 36.5 Å². The van der Waals surface area contributed by atoms with E-state index in [2.05, 4.69) is 5.32 Å². The fraction of sp³-hybridized carbons (Fsp3) is 0.500. The molecular weight excluding hydrogens is 354 g/mol. The van der Waals surface area contributed by atoms with E-state index < -0.39 is 21.7 Å². The molecule has 1 fully saturated rings. The average Bonchev–Trinajstić information content (AvgIpc) is 2.84. The van der Waals surface area contributed by atoms with Crippen molar-refractivity contribution in [3.63, 3.8) is 0 Å². The van der Waals surface area contributed by atoms with Gasteiger partial charge in [-0.2, -0.15) is 0 Å². The van der Waals surface area contributed by atoms with Crippen LogP contribution >= 0.6 is 11.6 Å². The molecule has 24 heavy (non-hydrogen) atoms. The minimum atomic E-state index is -3.02. The molecule has 1 amide bonds. The van der Waals surface area contributed by atoms with Gasteiger partial charge in [0.05, 0.1) is 17.5 Å². The van der Waals surface area contributed by atoms with Crippen molar-refractivity contribution in [3.05, 3.63) is 34.9 Å². The fourth-order valence-electron chi connectivity index (χ4n) is 2.62. The van der Waals surface area contributed by atoms with Gasteiger partial charge in [0.2, 0.25) is 0 Å². The van der Waals surface area contributed by atoms with Gasteiger partial charge in [0.1, 0.15) is 0 Å². The number of amides is 1. The standard InChI is InChI=1S/C16H20ClNO5S/c1-11(13-3-2-4-14(17)8-13)18-15(19)9-23-16(20)7-12-5-6-24(21,22)10-12/h2-4,8,11-12H,5-7,9-10H2,1H3,(H,18,19)/t11-,12+/m1/s1. The molecule has 0 unspecified atom stereocenters. The lowest BCUT2D eigenvalue weighted by Crippen LogP contribution is -2.31. The van der Waals surface area contributed by atoms with E-state index in [1.54, 1.807) is 25.1 Å². The van der Waals surface area contributed by atoms with Crippen LogP contribution in [-0.2, 0) is 24.2 Å². The zero-order chi connectivity index (χ0) is 17.7.